The number of amides is 1. The Morgan fingerprint density at radius 3 is 2.36 bits per heavy atom. The molecule has 0 heterocycles. The number of halogens is 2. The molecule has 4 aliphatic carbocycles. The average Bonchev–Trinajstić information content (AvgIpc) is 2.46. The second-order valence-corrected chi connectivity index (χ2v) is 8.53. The van der Waals surface area contributed by atoms with E-state index in [4.69, 9.17) is 0 Å². The van der Waals surface area contributed by atoms with Gasteiger partial charge in [0.2, 0.25) is 5.91 Å². The Morgan fingerprint density at radius 2 is 1.77 bits per heavy atom. The quantitative estimate of drug-likeness (QED) is 0.843. The highest BCUT2D eigenvalue weighted by Gasteiger charge is 2.54. The first kappa shape index (κ1) is 14.7. The topological polar surface area (TPSA) is 29.1 Å². The van der Waals surface area contributed by atoms with Crippen LogP contribution in [0.2, 0.25) is 0 Å². The molecule has 4 fully saturated rings. The van der Waals surface area contributed by atoms with Crippen LogP contribution in [0.15, 0.2) is 22.7 Å². The standard InChI is InChI=1S/C18H21BrFNO/c19-15-1-2-16(20)14(6-15)10-21-17(22)18-7-11-3-12(8-18)5-13(4-11)9-18/h1-2,6,11-13H,3-5,7-10H2,(H,21,22). The molecule has 118 valence electrons. The van der Waals surface area contributed by atoms with Crippen LogP contribution in [0.4, 0.5) is 4.39 Å². The van der Waals surface area contributed by atoms with Gasteiger partial charge < -0.3 is 5.32 Å². The minimum Gasteiger partial charge on any atom is -0.351 e. The molecule has 0 aliphatic heterocycles. The van der Waals surface area contributed by atoms with Gasteiger partial charge in [-0.1, -0.05) is 15.9 Å². The second kappa shape index (κ2) is 5.33. The molecule has 4 saturated carbocycles. The third-order valence-electron chi connectivity index (χ3n) is 5.97. The summed E-state index contributed by atoms with van der Waals surface area (Å²) < 4.78 is 14.7. The van der Waals surface area contributed by atoms with Crippen LogP contribution in [0.3, 0.4) is 0 Å². The van der Waals surface area contributed by atoms with Crippen LogP contribution in [-0.2, 0) is 11.3 Å². The number of hydrogen-bond donors (Lipinski definition) is 1. The van der Waals surface area contributed by atoms with E-state index in [0.29, 0.717) is 5.56 Å². The highest BCUT2D eigenvalue weighted by Crippen LogP contribution is 2.60. The van der Waals surface area contributed by atoms with Crippen molar-refractivity contribution in [1.82, 2.24) is 5.32 Å². The lowest BCUT2D eigenvalue weighted by atomic mass is 9.49. The number of hydrogen-bond acceptors (Lipinski definition) is 1. The molecule has 0 atom stereocenters. The summed E-state index contributed by atoms with van der Waals surface area (Å²) in [7, 11) is 0. The van der Waals surface area contributed by atoms with E-state index in [1.807, 2.05) is 0 Å². The van der Waals surface area contributed by atoms with Gasteiger partial charge in [0.05, 0.1) is 0 Å². The molecule has 22 heavy (non-hydrogen) atoms. The lowest BCUT2D eigenvalue weighted by Gasteiger charge is -2.55. The summed E-state index contributed by atoms with van der Waals surface area (Å²) in [5, 5.41) is 3.02. The van der Waals surface area contributed by atoms with Crippen LogP contribution < -0.4 is 5.32 Å². The summed E-state index contributed by atoms with van der Waals surface area (Å²) in [5.74, 6) is 2.15. The smallest absolute Gasteiger partial charge is 0.226 e. The zero-order valence-corrected chi connectivity index (χ0v) is 14.2. The van der Waals surface area contributed by atoms with Crippen LogP contribution >= 0.6 is 15.9 Å². The Labute approximate surface area is 139 Å². The number of rotatable bonds is 3. The van der Waals surface area contributed by atoms with Crippen LogP contribution in [0.25, 0.3) is 0 Å². The Kier molecular flexibility index (Phi) is 3.55. The normalized spacial score (nSPS) is 35.6. The van der Waals surface area contributed by atoms with Gasteiger partial charge >= 0.3 is 0 Å². The number of nitrogens with one attached hydrogen (secondary N) is 1. The summed E-state index contributed by atoms with van der Waals surface area (Å²) in [6.07, 6.45) is 7.12. The molecule has 4 aliphatic rings. The van der Waals surface area contributed by atoms with Crippen molar-refractivity contribution in [2.75, 3.05) is 0 Å². The van der Waals surface area contributed by atoms with Crippen molar-refractivity contribution >= 4 is 21.8 Å². The fourth-order valence-electron chi connectivity index (χ4n) is 5.43. The molecule has 4 heteroatoms. The zero-order valence-electron chi connectivity index (χ0n) is 12.6. The molecule has 1 amide bonds. The molecule has 1 aromatic carbocycles. The molecule has 1 N–H and O–H groups in total. The Morgan fingerprint density at radius 1 is 1.18 bits per heavy atom. The molecule has 0 spiro atoms. The maximum atomic E-state index is 13.8. The predicted molar refractivity (Wildman–Crippen MR) is 86.6 cm³/mol. The number of carbonyl (C=O) groups excluding carboxylic acids is 1. The fourth-order valence-corrected chi connectivity index (χ4v) is 5.84. The van der Waals surface area contributed by atoms with Crippen LogP contribution in [0, 0.1) is 29.0 Å². The van der Waals surface area contributed by atoms with E-state index in [0.717, 1.165) is 41.5 Å². The third-order valence-corrected chi connectivity index (χ3v) is 6.46. The molecule has 1 aromatic rings. The van der Waals surface area contributed by atoms with Gasteiger partial charge in [0.1, 0.15) is 5.82 Å². The highest BCUT2D eigenvalue weighted by molar-refractivity contribution is 9.10. The van der Waals surface area contributed by atoms with Crippen molar-refractivity contribution in [1.29, 1.82) is 0 Å². The zero-order chi connectivity index (χ0) is 15.3. The van der Waals surface area contributed by atoms with E-state index >= 15 is 0 Å². The first-order valence-corrected chi connectivity index (χ1v) is 9.06. The summed E-state index contributed by atoms with van der Waals surface area (Å²) in [4.78, 5) is 12.8. The molecule has 0 saturated heterocycles. The first-order chi connectivity index (χ1) is 10.5. The molecule has 0 aromatic heterocycles. The van der Waals surface area contributed by atoms with Crippen molar-refractivity contribution in [2.24, 2.45) is 23.2 Å². The molecule has 0 unspecified atom stereocenters. The number of carbonyl (C=O) groups is 1. The van der Waals surface area contributed by atoms with Crippen molar-refractivity contribution in [3.63, 3.8) is 0 Å². The molecular weight excluding hydrogens is 345 g/mol. The van der Waals surface area contributed by atoms with Gasteiger partial charge in [-0.15, -0.1) is 0 Å². The van der Waals surface area contributed by atoms with Crippen molar-refractivity contribution in [3.05, 3.63) is 34.1 Å². The molecule has 5 rings (SSSR count). The van der Waals surface area contributed by atoms with Crippen LogP contribution in [0.1, 0.15) is 44.1 Å². The van der Waals surface area contributed by atoms with Crippen molar-refractivity contribution < 1.29 is 9.18 Å². The second-order valence-electron chi connectivity index (χ2n) is 7.62. The van der Waals surface area contributed by atoms with E-state index in [1.165, 1.54) is 25.3 Å². The minimum atomic E-state index is -0.256. The van der Waals surface area contributed by atoms with Gasteiger partial charge in [0.15, 0.2) is 0 Å². The molecule has 2 nitrogen and oxygen atoms in total. The molecule has 0 radical (unpaired) electrons. The maximum absolute atomic E-state index is 13.8. The first-order valence-electron chi connectivity index (χ1n) is 8.26. The summed E-state index contributed by atoms with van der Waals surface area (Å²) in [6, 6.07) is 4.87. The fraction of sp³-hybridized carbons (Fsp3) is 0.611. The maximum Gasteiger partial charge on any atom is 0.226 e. The molecular formula is C18H21BrFNO. The van der Waals surface area contributed by atoms with Gasteiger partial charge in [0, 0.05) is 22.0 Å². The SMILES string of the molecule is O=C(NCc1cc(Br)ccc1F)C12CC3CC(CC(C3)C1)C2. The molecule has 4 bridgehead atoms. The van der Waals surface area contributed by atoms with Gasteiger partial charge in [0.25, 0.3) is 0 Å². The minimum absolute atomic E-state index is 0.156. The van der Waals surface area contributed by atoms with Gasteiger partial charge in [-0.25, -0.2) is 4.39 Å². The average molecular weight is 366 g/mol. The Balaban J connectivity index is 1.47. The summed E-state index contributed by atoms with van der Waals surface area (Å²) in [6.45, 7) is 0.284. The lowest BCUT2D eigenvalue weighted by Crippen LogP contribution is -2.53. The van der Waals surface area contributed by atoms with E-state index in [1.54, 1.807) is 12.1 Å². The number of benzene rings is 1. The lowest BCUT2D eigenvalue weighted by molar-refractivity contribution is -0.146. The highest BCUT2D eigenvalue weighted by atomic mass is 79.9. The summed E-state index contributed by atoms with van der Waals surface area (Å²) >= 11 is 3.36. The van der Waals surface area contributed by atoms with Crippen LogP contribution in [0.5, 0.6) is 0 Å². The van der Waals surface area contributed by atoms with Gasteiger partial charge in [-0.2, -0.15) is 0 Å². The van der Waals surface area contributed by atoms with Crippen LogP contribution in [-0.4, -0.2) is 5.91 Å². The van der Waals surface area contributed by atoms with E-state index in [2.05, 4.69) is 21.2 Å². The summed E-state index contributed by atoms with van der Waals surface area (Å²) in [5.41, 5.74) is 0.393. The van der Waals surface area contributed by atoms with Gasteiger partial charge in [-0.3, -0.25) is 4.79 Å². The van der Waals surface area contributed by atoms with Crippen molar-refractivity contribution in [3.8, 4) is 0 Å². The van der Waals surface area contributed by atoms with E-state index < -0.39 is 0 Å². The van der Waals surface area contributed by atoms with Crippen molar-refractivity contribution in [2.45, 2.75) is 45.1 Å². The monoisotopic (exact) mass is 365 g/mol. The van der Waals surface area contributed by atoms with E-state index in [-0.39, 0.29) is 23.7 Å². The van der Waals surface area contributed by atoms with Gasteiger partial charge in [-0.05, 0) is 74.5 Å². The third kappa shape index (κ3) is 2.49. The largest absolute Gasteiger partial charge is 0.351 e. The predicted octanol–water partition coefficient (Wildman–Crippen LogP) is 4.42. The Hall–Kier alpha value is -0.900. The Bertz CT molecular complexity index is 580. The van der Waals surface area contributed by atoms with E-state index in [9.17, 15) is 9.18 Å².